The molecule has 1 unspecified atom stereocenters. The molecule has 1 N–H and O–H groups in total. The fourth-order valence-corrected chi connectivity index (χ4v) is 2.85. The Kier molecular flexibility index (Phi) is 5.74. The summed E-state index contributed by atoms with van der Waals surface area (Å²) in [7, 11) is 1.92. The van der Waals surface area contributed by atoms with E-state index in [4.69, 9.17) is 0 Å². The van der Waals surface area contributed by atoms with Crippen LogP contribution in [-0.4, -0.2) is 40.0 Å². The number of carbonyl (C=O) groups is 1. The number of halogens is 2. The van der Waals surface area contributed by atoms with Crippen LogP contribution < -0.4 is 5.32 Å². The molecule has 2 heterocycles. The van der Waals surface area contributed by atoms with E-state index in [9.17, 15) is 9.18 Å². The number of rotatable bonds is 3. The first-order valence-electron chi connectivity index (χ1n) is 7.37. The second kappa shape index (κ2) is 7.57. The molecule has 1 aromatic carbocycles. The van der Waals surface area contributed by atoms with E-state index in [0.29, 0.717) is 18.7 Å². The van der Waals surface area contributed by atoms with Crippen molar-refractivity contribution in [2.45, 2.75) is 12.5 Å². The number of hydrogen-bond donors (Lipinski definition) is 1. The second-order valence-corrected chi connectivity index (χ2v) is 5.51. The van der Waals surface area contributed by atoms with Crippen molar-refractivity contribution in [1.82, 2.24) is 19.8 Å². The maximum Gasteiger partial charge on any atom is 0.227 e. The maximum atomic E-state index is 13.3. The summed E-state index contributed by atoms with van der Waals surface area (Å²) in [5.74, 6) is 0.547. The summed E-state index contributed by atoms with van der Waals surface area (Å²) >= 11 is 0. The van der Waals surface area contributed by atoms with Crippen LogP contribution in [0.25, 0.3) is 0 Å². The van der Waals surface area contributed by atoms with E-state index >= 15 is 0 Å². The molecule has 0 bridgehead atoms. The number of aromatic nitrogens is 2. The van der Waals surface area contributed by atoms with Gasteiger partial charge in [0.05, 0.1) is 6.42 Å². The largest absolute Gasteiger partial charge is 0.336 e. The lowest BCUT2D eigenvalue weighted by atomic mass is 10.1. The second-order valence-electron chi connectivity index (χ2n) is 5.51. The molecular weight excluding hydrogens is 319 g/mol. The van der Waals surface area contributed by atoms with Gasteiger partial charge in [-0.2, -0.15) is 0 Å². The van der Waals surface area contributed by atoms with Gasteiger partial charge >= 0.3 is 0 Å². The lowest BCUT2D eigenvalue weighted by molar-refractivity contribution is -0.134. The van der Waals surface area contributed by atoms with Gasteiger partial charge in [-0.1, -0.05) is 12.1 Å². The molecule has 5 nitrogen and oxygen atoms in total. The van der Waals surface area contributed by atoms with Crippen LogP contribution in [0.2, 0.25) is 0 Å². The van der Waals surface area contributed by atoms with Crippen molar-refractivity contribution in [2.75, 3.05) is 19.6 Å². The van der Waals surface area contributed by atoms with Gasteiger partial charge in [-0.05, 0) is 17.7 Å². The quantitative estimate of drug-likeness (QED) is 0.926. The standard InChI is InChI=1S/C16H19FN4O.ClH/c1-20-7-6-19-16(20)14-11-18-5-8-21(14)15(22)10-12-3-2-4-13(17)9-12;/h2-4,6-7,9,14,18H,5,8,10-11H2,1H3;1H. The van der Waals surface area contributed by atoms with E-state index in [1.807, 2.05) is 22.7 Å². The summed E-state index contributed by atoms with van der Waals surface area (Å²) in [5, 5.41) is 3.30. The number of nitrogens with zero attached hydrogens (tertiary/aromatic N) is 3. The maximum absolute atomic E-state index is 13.3. The van der Waals surface area contributed by atoms with E-state index in [0.717, 1.165) is 12.4 Å². The smallest absolute Gasteiger partial charge is 0.227 e. The zero-order valence-corrected chi connectivity index (χ0v) is 13.7. The number of carbonyl (C=O) groups excluding carboxylic acids is 1. The molecule has 1 amide bonds. The average molecular weight is 339 g/mol. The third-order valence-electron chi connectivity index (χ3n) is 3.96. The third-order valence-corrected chi connectivity index (χ3v) is 3.96. The molecule has 1 saturated heterocycles. The fraction of sp³-hybridized carbons (Fsp3) is 0.375. The molecule has 3 rings (SSSR count). The van der Waals surface area contributed by atoms with E-state index in [1.165, 1.54) is 12.1 Å². The molecule has 0 radical (unpaired) electrons. The molecule has 23 heavy (non-hydrogen) atoms. The number of aryl methyl sites for hydroxylation is 1. The number of amides is 1. The summed E-state index contributed by atoms with van der Waals surface area (Å²) in [6.45, 7) is 2.07. The molecule has 1 aromatic heterocycles. The molecule has 124 valence electrons. The normalized spacial score (nSPS) is 17.7. The molecule has 2 aromatic rings. The Labute approximate surface area is 140 Å². The van der Waals surface area contributed by atoms with Crippen molar-refractivity contribution >= 4 is 18.3 Å². The van der Waals surface area contributed by atoms with E-state index < -0.39 is 0 Å². The zero-order valence-electron chi connectivity index (χ0n) is 12.9. The number of hydrogen-bond acceptors (Lipinski definition) is 3. The molecule has 1 atom stereocenters. The monoisotopic (exact) mass is 338 g/mol. The zero-order chi connectivity index (χ0) is 15.5. The Morgan fingerprint density at radius 2 is 2.30 bits per heavy atom. The summed E-state index contributed by atoms with van der Waals surface area (Å²) in [5.41, 5.74) is 0.696. The highest BCUT2D eigenvalue weighted by molar-refractivity contribution is 5.85. The van der Waals surface area contributed by atoms with Gasteiger partial charge in [0.2, 0.25) is 5.91 Å². The summed E-state index contributed by atoms with van der Waals surface area (Å²) in [6.07, 6.45) is 3.82. The number of benzene rings is 1. The first-order valence-corrected chi connectivity index (χ1v) is 7.37. The van der Waals surface area contributed by atoms with Crippen LogP contribution in [0.5, 0.6) is 0 Å². The predicted molar refractivity (Wildman–Crippen MR) is 87.9 cm³/mol. The van der Waals surface area contributed by atoms with Gasteiger partial charge in [0.25, 0.3) is 0 Å². The van der Waals surface area contributed by atoms with Gasteiger partial charge in [0.15, 0.2) is 0 Å². The van der Waals surface area contributed by atoms with Gasteiger partial charge in [0.1, 0.15) is 17.7 Å². The number of imidazole rings is 1. The minimum atomic E-state index is -0.314. The first-order chi connectivity index (χ1) is 10.6. The van der Waals surface area contributed by atoms with Crippen LogP contribution in [0.1, 0.15) is 17.4 Å². The van der Waals surface area contributed by atoms with Crippen LogP contribution in [-0.2, 0) is 18.3 Å². The summed E-state index contributed by atoms with van der Waals surface area (Å²) in [6, 6.07) is 6.12. The van der Waals surface area contributed by atoms with Crippen LogP contribution in [0.15, 0.2) is 36.7 Å². The lowest BCUT2D eigenvalue weighted by Gasteiger charge is -2.35. The van der Waals surface area contributed by atoms with Crippen molar-refractivity contribution in [3.63, 3.8) is 0 Å². The van der Waals surface area contributed by atoms with Gasteiger partial charge < -0.3 is 14.8 Å². The van der Waals surface area contributed by atoms with Gasteiger partial charge in [0, 0.05) is 39.1 Å². The summed E-state index contributed by atoms with van der Waals surface area (Å²) < 4.78 is 15.2. The fourth-order valence-electron chi connectivity index (χ4n) is 2.85. The van der Waals surface area contributed by atoms with Crippen LogP contribution >= 0.6 is 12.4 Å². The lowest BCUT2D eigenvalue weighted by Crippen LogP contribution is -2.49. The predicted octanol–water partition coefficient (Wildman–Crippen LogP) is 1.70. The molecule has 0 aliphatic carbocycles. The minimum Gasteiger partial charge on any atom is -0.336 e. The molecule has 7 heteroatoms. The first kappa shape index (κ1) is 17.4. The minimum absolute atomic E-state index is 0. The topological polar surface area (TPSA) is 50.2 Å². The van der Waals surface area contributed by atoms with Crippen LogP contribution in [0, 0.1) is 5.82 Å². The molecule has 0 spiro atoms. The highest BCUT2D eigenvalue weighted by atomic mass is 35.5. The van der Waals surface area contributed by atoms with Crippen molar-refractivity contribution in [3.05, 3.63) is 53.9 Å². The highest BCUT2D eigenvalue weighted by Crippen LogP contribution is 2.21. The Bertz CT molecular complexity index is 676. The van der Waals surface area contributed by atoms with Crippen LogP contribution in [0.4, 0.5) is 4.39 Å². The molecule has 1 aliphatic heterocycles. The van der Waals surface area contributed by atoms with Crippen molar-refractivity contribution in [1.29, 1.82) is 0 Å². The van der Waals surface area contributed by atoms with Crippen LogP contribution in [0.3, 0.4) is 0 Å². The SMILES string of the molecule is Cl.Cn1ccnc1C1CNCCN1C(=O)Cc1cccc(F)c1. The number of piperazine rings is 1. The summed E-state index contributed by atoms with van der Waals surface area (Å²) in [4.78, 5) is 18.8. The molecule has 1 fully saturated rings. The van der Waals surface area contributed by atoms with Gasteiger partial charge in [-0.15, -0.1) is 12.4 Å². The van der Waals surface area contributed by atoms with Crippen molar-refractivity contribution < 1.29 is 9.18 Å². The Balaban J connectivity index is 0.00000192. The Morgan fingerprint density at radius 3 is 3.00 bits per heavy atom. The van der Waals surface area contributed by atoms with E-state index in [-0.39, 0.29) is 36.6 Å². The molecule has 1 aliphatic rings. The Morgan fingerprint density at radius 1 is 1.48 bits per heavy atom. The van der Waals surface area contributed by atoms with E-state index in [1.54, 1.807) is 18.3 Å². The highest BCUT2D eigenvalue weighted by Gasteiger charge is 2.30. The molecular formula is C16H20ClFN4O. The molecule has 0 saturated carbocycles. The number of nitrogens with one attached hydrogen (secondary N) is 1. The van der Waals surface area contributed by atoms with E-state index in [2.05, 4.69) is 10.3 Å². The average Bonchev–Trinajstić information content (AvgIpc) is 2.93. The third kappa shape index (κ3) is 3.89. The Hall–Kier alpha value is -1.92. The van der Waals surface area contributed by atoms with Gasteiger partial charge in [-0.25, -0.2) is 9.37 Å². The van der Waals surface area contributed by atoms with Crippen molar-refractivity contribution in [3.8, 4) is 0 Å². The van der Waals surface area contributed by atoms with Crippen molar-refractivity contribution in [2.24, 2.45) is 7.05 Å². The van der Waals surface area contributed by atoms with Gasteiger partial charge in [-0.3, -0.25) is 4.79 Å².